The molecule has 2 aliphatic heterocycles. The first-order valence-corrected chi connectivity index (χ1v) is 16.3. The molecular weight excluding hydrogens is 689 g/mol. The normalized spacial score (nSPS) is 18.2. The van der Waals surface area contributed by atoms with Crippen molar-refractivity contribution in [2.24, 2.45) is 7.05 Å². The molecule has 254 valence electrons. The highest BCUT2D eigenvalue weighted by atomic mass is 32.2. The van der Waals surface area contributed by atoms with Crippen LogP contribution in [0.15, 0.2) is 96.2 Å². The molecule has 18 heteroatoms. The van der Waals surface area contributed by atoms with Gasteiger partial charge >= 0.3 is 12.1 Å². The first kappa shape index (κ1) is 33.9. The van der Waals surface area contributed by atoms with E-state index in [9.17, 15) is 34.4 Å². The molecule has 0 spiro atoms. The third-order valence-electron chi connectivity index (χ3n) is 8.19. The lowest BCUT2D eigenvalue weighted by Crippen LogP contribution is -2.85. The van der Waals surface area contributed by atoms with Crippen molar-refractivity contribution in [3.63, 3.8) is 0 Å². The van der Waals surface area contributed by atoms with Gasteiger partial charge in [-0.15, -0.1) is 16.9 Å². The number of thioether (sulfide) groups is 1. The molecule has 4 aromatic rings. The molecule has 1 saturated heterocycles. The number of non-ortho nitro benzene ring substituents is 1. The van der Waals surface area contributed by atoms with Crippen LogP contribution in [0.1, 0.15) is 28.6 Å². The Balaban J connectivity index is 1.43. The lowest BCUT2D eigenvalue weighted by atomic mass is 9.92. The van der Waals surface area contributed by atoms with Crippen LogP contribution < -0.4 is 5.32 Å². The molecule has 2 atom stereocenters. The molecule has 0 radical (unpaired) electrons. The number of nitrogens with zero attached hydrogens (tertiary/aromatic N) is 7. The molecule has 0 aliphatic carbocycles. The Morgan fingerprint density at radius 1 is 1.14 bits per heavy atom. The van der Waals surface area contributed by atoms with Crippen molar-refractivity contribution < 1.29 is 33.9 Å². The molecule has 16 nitrogen and oxygen atoms in total. The molecule has 3 heterocycles. The summed E-state index contributed by atoms with van der Waals surface area (Å²) >= 11 is 6.80. The SMILES string of the molecule is Cn1nnnc1C(=S)C1=C(C(=O)OC(c2ccccc2)c2ccccc2)N2C(=O)[C@@](NC=O)(N(Cc3ccc([N+](=O)[O-])cc3)C(=O)O)[C@@H]2SC1. The Kier molecular flexibility index (Phi) is 9.38. The number of carbonyl (C=O) groups excluding carboxylic acids is 3. The fourth-order valence-corrected chi connectivity index (χ4v) is 7.73. The summed E-state index contributed by atoms with van der Waals surface area (Å²) in [6, 6.07) is 23.0. The number of thiocarbonyl (C=S) groups is 1. The van der Waals surface area contributed by atoms with Crippen LogP contribution in [0.2, 0.25) is 0 Å². The van der Waals surface area contributed by atoms with Crippen LogP contribution in [0.3, 0.4) is 0 Å². The Morgan fingerprint density at radius 3 is 2.28 bits per heavy atom. The predicted molar refractivity (Wildman–Crippen MR) is 180 cm³/mol. The molecule has 3 aromatic carbocycles. The summed E-state index contributed by atoms with van der Waals surface area (Å²) in [5.41, 5.74) is -0.876. The summed E-state index contributed by atoms with van der Waals surface area (Å²) in [6.07, 6.45) is -2.28. The van der Waals surface area contributed by atoms with Gasteiger partial charge in [-0.05, 0) is 27.1 Å². The number of aryl methyl sites for hydroxylation is 1. The molecule has 3 amide bonds. The van der Waals surface area contributed by atoms with Crippen molar-refractivity contribution in [2.45, 2.75) is 23.7 Å². The number of carbonyl (C=O) groups is 4. The summed E-state index contributed by atoms with van der Waals surface area (Å²) in [5, 5.41) is 34.2. The number of ether oxygens (including phenoxy) is 1. The van der Waals surface area contributed by atoms with Crippen molar-refractivity contribution in [3.8, 4) is 0 Å². The van der Waals surface area contributed by atoms with Crippen LogP contribution >= 0.6 is 24.0 Å². The van der Waals surface area contributed by atoms with Crippen molar-refractivity contribution in [1.82, 2.24) is 35.3 Å². The smallest absolute Gasteiger partial charge is 0.409 e. The zero-order valence-electron chi connectivity index (χ0n) is 26.0. The number of nitro benzene ring substituents is 1. The second-order valence-corrected chi connectivity index (χ2v) is 12.5. The number of aromatic nitrogens is 4. The molecule has 1 fully saturated rings. The highest BCUT2D eigenvalue weighted by molar-refractivity contribution is 8.00. The average Bonchev–Trinajstić information content (AvgIpc) is 3.57. The van der Waals surface area contributed by atoms with Gasteiger partial charge in [0.1, 0.15) is 11.1 Å². The van der Waals surface area contributed by atoms with E-state index in [0.29, 0.717) is 16.7 Å². The Labute approximate surface area is 292 Å². The molecule has 2 N–H and O–H groups in total. The molecule has 2 aliphatic rings. The number of β-lactam (4-membered cyclic amide) rings is 1. The number of esters is 1. The highest BCUT2D eigenvalue weighted by Crippen LogP contribution is 2.49. The summed E-state index contributed by atoms with van der Waals surface area (Å²) in [7, 11) is 1.55. The lowest BCUT2D eigenvalue weighted by Gasteiger charge is -2.59. The van der Waals surface area contributed by atoms with E-state index in [4.69, 9.17) is 17.0 Å². The molecule has 0 saturated carbocycles. The van der Waals surface area contributed by atoms with Gasteiger partial charge in [-0.1, -0.05) is 85.0 Å². The van der Waals surface area contributed by atoms with Gasteiger partial charge < -0.3 is 15.2 Å². The molecule has 50 heavy (non-hydrogen) atoms. The van der Waals surface area contributed by atoms with Gasteiger partial charge in [-0.3, -0.25) is 29.5 Å². The van der Waals surface area contributed by atoms with E-state index in [0.717, 1.165) is 21.6 Å². The topological polar surface area (TPSA) is 203 Å². The highest BCUT2D eigenvalue weighted by Gasteiger charge is 2.69. The number of amides is 3. The number of hydrogen-bond donors (Lipinski definition) is 2. The van der Waals surface area contributed by atoms with E-state index in [-0.39, 0.29) is 39.8 Å². The van der Waals surface area contributed by atoms with Crippen LogP contribution in [-0.4, -0.2) is 86.1 Å². The number of carboxylic acid groups (broad SMARTS) is 1. The van der Waals surface area contributed by atoms with Gasteiger partial charge in [-0.2, -0.15) is 0 Å². The van der Waals surface area contributed by atoms with Gasteiger partial charge in [0.25, 0.3) is 11.6 Å². The second-order valence-electron chi connectivity index (χ2n) is 11.0. The van der Waals surface area contributed by atoms with Gasteiger partial charge in [-0.25, -0.2) is 14.3 Å². The van der Waals surface area contributed by atoms with Gasteiger partial charge in [0, 0.05) is 30.5 Å². The fourth-order valence-electron chi connectivity index (χ4n) is 5.80. The summed E-state index contributed by atoms with van der Waals surface area (Å²) in [6.45, 7) is -0.436. The van der Waals surface area contributed by atoms with Crippen molar-refractivity contribution >= 4 is 58.9 Å². The fraction of sp³-hybridized carbons (Fsp3) is 0.188. The Hall–Kier alpha value is -6.01. The van der Waals surface area contributed by atoms with Crippen LogP contribution in [-0.2, 0) is 32.7 Å². The van der Waals surface area contributed by atoms with Gasteiger partial charge in [0.05, 0.1) is 16.3 Å². The van der Waals surface area contributed by atoms with Crippen LogP contribution in [0.4, 0.5) is 10.5 Å². The third-order valence-corrected chi connectivity index (χ3v) is 9.94. The van der Waals surface area contributed by atoms with E-state index in [1.54, 1.807) is 55.6 Å². The minimum absolute atomic E-state index is 0.0286. The molecule has 0 bridgehead atoms. The number of rotatable bonds is 12. The first-order valence-electron chi connectivity index (χ1n) is 14.8. The van der Waals surface area contributed by atoms with Gasteiger partial charge in [0.15, 0.2) is 11.9 Å². The van der Waals surface area contributed by atoms with Crippen LogP contribution in [0.25, 0.3) is 0 Å². The monoisotopic (exact) mass is 714 g/mol. The molecule has 6 rings (SSSR count). The Bertz CT molecular complexity index is 1990. The number of nitro groups is 1. The van der Waals surface area contributed by atoms with Crippen molar-refractivity contribution in [1.29, 1.82) is 0 Å². The maximum Gasteiger partial charge on any atom is 0.409 e. The van der Waals surface area contributed by atoms with Gasteiger partial charge in [0.2, 0.25) is 12.1 Å². The average molecular weight is 715 g/mol. The standard InChI is InChI=1S/C32H26N8O8S2/c1-37-27(34-35-36-37)26(49)23-17-50-30-32(33-18-41,38(31(44)45)16-19-12-14-22(15-13-19)40(46)47)29(43)39(30)24(23)28(42)48-25(20-8-4-2-5-9-20)21-10-6-3-7-11-21/h2-15,18,25,30H,16-17H2,1H3,(H,33,41)(H,44,45)/t30-,32+/m0/s1. The van der Waals surface area contributed by atoms with E-state index in [1.807, 2.05) is 12.1 Å². The summed E-state index contributed by atoms with van der Waals surface area (Å²) in [4.78, 5) is 66.1. The summed E-state index contributed by atoms with van der Waals surface area (Å²) in [5.74, 6) is -1.78. The van der Waals surface area contributed by atoms with E-state index >= 15 is 0 Å². The summed E-state index contributed by atoms with van der Waals surface area (Å²) < 4.78 is 7.46. The predicted octanol–water partition coefficient (Wildman–Crippen LogP) is 2.96. The quantitative estimate of drug-likeness (QED) is 0.0317. The second kappa shape index (κ2) is 13.8. The number of hydrogen-bond acceptors (Lipinski definition) is 12. The Morgan fingerprint density at radius 2 is 1.76 bits per heavy atom. The van der Waals surface area contributed by atoms with E-state index < -0.39 is 46.6 Å². The number of fused-ring (bicyclic) bond motifs is 1. The van der Waals surface area contributed by atoms with E-state index in [2.05, 4.69) is 20.8 Å². The number of benzene rings is 3. The van der Waals surface area contributed by atoms with E-state index in [1.165, 1.54) is 28.9 Å². The maximum absolute atomic E-state index is 14.4. The first-order chi connectivity index (χ1) is 24.1. The third kappa shape index (κ3) is 5.94. The van der Waals surface area contributed by atoms with Crippen LogP contribution in [0.5, 0.6) is 0 Å². The minimum Gasteiger partial charge on any atom is -0.465 e. The van der Waals surface area contributed by atoms with Crippen molar-refractivity contribution in [3.05, 3.63) is 129 Å². The molecular formula is C32H26N8O8S2. The molecule has 1 aromatic heterocycles. The maximum atomic E-state index is 14.4. The zero-order valence-corrected chi connectivity index (χ0v) is 27.6. The number of tetrazole rings is 1. The molecule has 0 unspecified atom stereocenters. The van der Waals surface area contributed by atoms with Crippen LogP contribution in [0, 0.1) is 10.1 Å². The zero-order chi connectivity index (χ0) is 35.6. The largest absolute Gasteiger partial charge is 0.465 e. The lowest BCUT2D eigenvalue weighted by molar-refractivity contribution is -0.384. The van der Waals surface area contributed by atoms with Crippen molar-refractivity contribution in [2.75, 3.05) is 5.75 Å². The minimum atomic E-state index is -2.18. The number of nitrogens with one attached hydrogen (secondary N) is 1.